The zero-order valence-electron chi connectivity index (χ0n) is 17.0. The van der Waals surface area contributed by atoms with Crippen LogP contribution < -0.4 is 10.6 Å². The van der Waals surface area contributed by atoms with Crippen molar-refractivity contribution >= 4 is 11.8 Å². The Kier molecular flexibility index (Phi) is 5.98. The van der Waals surface area contributed by atoms with Crippen LogP contribution in [0.3, 0.4) is 0 Å². The maximum Gasteiger partial charge on any atom is 0.255 e. The van der Waals surface area contributed by atoms with Crippen molar-refractivity contribution in [2.24, 2.45) is 0 Å². The smallest absolute Gasteiger partial charge is 0.255 e. The van der Waals surface area contributed by atoms with Crippen LogP contribution in [0.5, 0.6) is 0 Å². The van der Waals surface area contributed by atoms with E-state index in [1.165, 1.54) is 23.7 Å². The molecule has 2 N–H and O–H groups in total. The average Bonchev–Trinajstić information content (AvgIpc) is 3.33. The van der Waals surface area contributed by atoms with Crippen molar-refractivity contribution in [2.75, 3.05) is 0 Å². The van der Waals surface area contributed by atoms with Crippen molar-refractivity contribution in [3.05, 3.63) is 95.4 Å². The molecule has 0 aliphatic heterocycles. The van der Waals surface area contributed by atoms with Crippen LogP contribution >= 0.6 is 0 Å². The van der Waals surface area contributed by atoms with Gasteiger partial charge in [0.25, 0.3) is 5.91 Å². The van der Waals surface area contributed by atoms with Gasteiger partial charge in [0.1, 0.15) is 12.3 Å². The van der Waals surface area contributed by atoms with Crippen LogP contribution in [0.15, 0.2) is 77.6 Å². The lowest BCUT2D eigenvalue weighted by atomic mass is 9.76. The van der Waals surface area contributed by atoms with Crippen molar-refractivity contribution in [1.29, 1.82) is 0 Å². The van der Waals surface area contributed by atoms with Crippen LogP contribution in [0.4, 0.5) is 0 Å². The Morgan fingerprint density at radius 3 is 2.53 bits per heavy atom. The molecule has 1 aliphatic carbocycles. The van der Waals surface area contributed by atoms with E-state index in [1.807, 2.05) is 18.2 Å². The highest BCUT2D eigenvalue weighted by Crippen LogP contribution is 2.40. The number of amides is 2. The molecule has 4 rings (SSSR count). The second-order valence-corrected chi connectivity index (χ2v) is 7.80. The SMILES string of the molecule is C[C@H](NC(=O)c1ccoc1)C(=O)N[C@H](c1ccccc1)[C@@H]1CCCc2ccccc21. The standard InChI is InChI=1S/C25H26N2O3/c1-17(26-25(29)20-14-15-30-16-20)24(28)27-23(19-9-3-2-4-10-19)22-13-7-11-18-8-5-6-12-21(18)22/h2-6,8-10,12,14-17,22-23H,7,11,13H2,1H3,(H,26,29)(H,27,28)/t17-,22+,23+/m0/s1. The minimum absolute atomic E-state index is 0.159. The Bertz CT molecular complexity index is 998. The first-order valence-corrected chi connectivity index (χ1v) is 10.4. The highest BCUT2D eigenvalue weighted by molar-refractivity contribution is 5.97. The molecule has 0 bridgehead atoms. The topological polar surface area (TPSA) is 71.3 Å². The molecule has 3 atom stereocenters. The van der Waals surface area contributed by atoms with Crippen LogP contribution in [-0.2, 0) is 11.2 Å². The highest BCUT2D eigenvalue weighted by atomic mass is 16.3. The van der Waals surface area contributed by atoms with Crippen LogP contribution in [0.1, 0.15) is 58.8 Å². The summed E-state index contributed by atoms with van der Waals surface area (Å²) in [5, 5.41) is 5.97. The summed E-state index contributed by atoms with van der Waals surface area (Å²) < 4.78 is 4.95. The molecule has 2 amide bonds. The van der Waals surface area contributed by atoms with Gasteiger partial charge in [-0.2, -0.15) is 0 Å². The van der Waals surface area contributed by atoms with Gasteiger partial charge in [0.2, 0.25) is 5.91 Å². The maximum absolute atomic E-state index is 13.0. The zero-order chi connectivity index (χ0) is 20.9. The van der Waals surface area contributed by atoms with Gasteiger partial charge in [-0.05, 0) is 48.9 Å². The number of nitrogens with one attached hydrogen (secondary N) is 2. The number of carbonyl (C=O) groups excluding carboxylic acids is 2. The van der Waals surface area contributed by atoms with Crippen LogP contribution in [0.2, 0.25) is 0 Å². The largest absolute Gasteiger partial charge is 0.472 e. The van der Waals surface area contributed by atoms with E-state index in [9.17, 15) is 9.59 Å². The maximum atomic E-state index is 13.0. The van der Waals surface area contributed by atoms with Gasteiger partial charge in [0, 0.05) is 5.92 Å². The van der Waals surface area contributed by atoms with Gasteiger partial charge in [0.15, 0.2) is 0 Å². The fraction of sp³-hybridized carbons (Fsp3) is 0.280. The quantitative estimate of drug-likeness (QED) is 0.643. The lowest BCUT2D eigenvalue weighted by Gasteiger charge is -2.34. The second-order valence-electron chi connectivity index (χ2n) is 7.80. The van der Waals surface area contributed by atoms with E-state index in [2.05, 4.69) is 47.0 Å². The van der Waals surface area contributed by atoms with E-state index in [4.69, 9.17) is 4.42 Å². The lowest BCUT2D eigenvalue weighted by Crippen LogP contribution is -2.47. The molecular formula is C25H26N2O3. The van der Waals surface area contributed by atoms with E-state index in [-0.39, 0.29) is 23.8 Å². The van der Waals surface area contributed by atoms with Gasteiger partial charge in [-0.25, -0.2) is 0 Å². The Hall–Kier alpha value is -3.34. The van der Waals surface area contributed by atoms with E-state index < -0.39 is 6.04 Å². The molecule has 2 aromatic carbocycles. The minimum Gasteiger partial charge on any atom is -0.472 e. The molecule has 1 aliphatic rings. The molecule has 0 spiro atoms. The summed E-state index contributed by atoms with van der Waals surface area (Å²) in [6.45, 7) is 1.70. The molecule has 1 aromatic heterocycles. The summed E-state index contributed by atoms with van der Waals surface area (Å²) >= 11 is 0. The number of furan rings is 1. The van der Waals surface area contributed by atoms with E-state index in [0.29, 0.717) is 5.56 Å². The van der Waals surface area contributed by atoms with Crippen molar-refractivity contribution in [2.45, 2.75) is 44.2 Å². The van der Waals surface area contributed by atoms with Gasteiger partial charge < -0.3 is 15.1 Å². The van der Waals surface area contributed by atoms with Gasteiger partial charge in [-0.1, -0.05) is 54.6 Å². The van der Waals surface area contributed by atoms with Gasteiger partial charge in [0.05, 0.1) is 17.9 Å². The Morgan fingerprint density at radius 1 is 1.00 bits per heavy atom. The molecular weight excluding hydrogens is 376 g/mol. The first-order valence-electron chi connectivity index (χ1n) is 10.4. The molecule has 5 heteroatoms. The molecule has 3 aromatic rings. The summed E-state index contributed by atoms with van der Waals surface area (Å²) in [7, 11) is 0. The van der Waals surface area contributed by atoms with Crippen LogP contribution in [-0.4, -0.2) is 17.9 Å². The molecule has 0 unspecified atom stereocenters. The normalized spacial score (nSPS) is 17.4. The second kappa shape index (κ2) is 8.99. The number of aryl methyl sites for hydroxylation is 1. The van der Waals surface area contributed by atoms with Gasteiger partial charge in [-0.3, -0.25) is 9.59 Å². The van der Waals surface area contributed by atoms with E-state index >= 15 is 0 Å². The molecule has 154 valence electrons. The third-order valence-corrected chi connectivity index (χ3v) is 5.80. The van der Waals surface area contributed by atoms with Crippen LogP contribution in [0.25, 0.3) is 0 Å². The van der Waals surface area contributed by atoms with E-state index in [0.717, 1.165) is 24.8 Å². The molecule has 1 heterocycles. The fourth-order valence-electron chi connectivity index (χ4n) is 4.23. The molecule has 5 nitrogen and oxygen atoms in total. The summed E-state index contributed by atoms with van der Waals surface area (Å²) in [5.41, 5.74) is 4.12. The Balaban J connectivity index is 1.55. The zero-order valence-corrected chi connectivity index (χ0v) is 17.0. The number of hydrogen-bond donors (Lipinski definition) is 2. The number of rotatable bonds is 6. The van der Waals surface area contributed by atoms with E-state index in [1.54, 1.807) is 13.0 Å². The predicted molar refractivity (Wildman–Crippen MR) is 115 cm³/mol. The molecule has 30 heavy (non-hydrogen) atoms. The Morgan fingerprint density at radius 2 is 1.77 bits per heavy atom. The third kappa shape index (κ3) is 4.30. The molecule has 0 saturated heterocycles. The minimum atomic E-state index is -0.669. The van der Waals surface area contributed by atoms with Crippen molar-refractivity contribution in [3.8, 4) is 0 Å². The van der Waals surface area contributed by atoms with Gasteiger partial charge >= 0.3 is 0 Å². The predicted octanol–water partition coefficient (Wildman–Crippen LogP) is 4.38. The third-order valence-electron chi connectivity index (χ3n) is 5.80. The number of hydrogen-bond acceptors (Lipinski definition) is 3. The molecule has 0 radical (unpaired) electrons. The summed E-state index contributed by atoms with van der Waals surface area (Å²) in [6.07, 6.45) is 5.97. The highest BCUT2D eigenvalue weighted by Gasteiger charge is 2.31. The number of benzene rings is 2. The monoisotopic (exact) mass is 402 g/mol. The first-order chi connectivity index (χ1) is 14.6. The number of fused-ring (bicyclic) bond motifs is 1. The number of carbonyl (C=O) groups is 2. The van der Waals surface area contributed by atoms with Gasteiger partial charge in [-0.15, -0.1) is 0 Å². The summed E-state index contributed by atoms with van der Waals surface area (Å²) in [4.78, 5) is 25.3. The van der Waals surface area contributed by atoms with Crippen molar-refractivity contribution in [1.82, 2.24) is 10.6 Å². The molecule has 0 fully saturated rings. The Labute approximate surface area is 176 Å². The van der Waals surface area contributed by atoms with Crippen molar-refractivity contribution < 1.29 is 14.0 Å². The van der Waals surface area contributed by atoms with Crippen molar-refractivity contribution in [3.63, 3.8) is 0 Å². The lowest BCUT2D eigenvalue weighted by molar-refractivity contribution is -0.123. The first kappa shape index (κ1) is 20.0. The summed E-state index contributed by atoms with van der Waals surface area (Å²) in [5.74, 6) is -0.340. The summed E-state index contributed by atoms with van der Waals surface area (Å²) in [6, 6.07) is 19.3. The molecule has 0 saturated carbocycles. The van der Waals surface area contributed by atoms with Crippen LogP contribution in [0, 0.1) is 0 Å². The fourth-order valence-corrected chi connectivity index (χ4v) is 4.23. The average molecular weight is 402 g/mol.